The summed E-state index contributed by atoms with van der Waals surface area (Å²) in [6.45, 7) is 12.2. The Bertz CT molecular complexity index is 596. The van der Waals surface area contributed by atoms with Crippen LogP contribution in [0.4, 0.5) is 13.2 Å². The molecule has 184 valence electrons. The molecule has 1 nitrogen and oxygen atoms in total. The molecule has 0 aromatic carbocycles. The third-order valence-electron chi connectivity index (χ3n) is 10.7. The molecule has 0 aliphatic heterocycles. The van der Waals surface area contributed by atoms with E-state index in [-0.39, 0.29) is 12.8 Å². The van der Waals surface area contributed by atoms with Crippen molar-refractivity contribution in [3.63, 3.8) is 0 Å². The molecule has 4 rings (SSSR count). The van der Waals surface area contributed by atoms with Crippen molar-refractivity contribution in [2.45, 2.75) is 105 Å². The van der Waals surface area contributed by atoms with Gasteiger partial charge < -0.3 is 4.74 Å². The Kier molecular flexibility index (Phi) is 7.81. The van der Waals surface area contributed by atoms with E-state index in [0.717, 1.165) is 43.6 Å². The quantitative estimate of drug-likeness (QED) is 0.419. The van der Waals surface area contributed by atoms with Gasteiger partial charge in [-0.3, -0.25) is 0 Å². The third-order valence-corrected chi connectivity index (χ3v) is 10.7. The first kappa shape index (κ1) is 25.4. The lowest BCUT2D eigenvalue weighted by atomic mass is 9.44. The monoisotopic (exact) mass is 446 g/mol. The Morgan fingerprint density at radius 3 is 2.23 bits per heavy atom. The van der Waals surface area contributed by atoms with Crippen LogP contribution in [0, 0.1) is 52.3 Å². The van der Waals surface area contributed by atoms with Crippen LogP contribution in [0.5, 0.6) is 0 Å². The molecule has 0 N–H and O–H groups in total. The Labute approximate surface area is 190 Å². The number of hydrogen-bond acceptors (Lipinski definition) is 1. The van der Waals surface area contributed by atoms with Crippen molar-refractivity contribution in [1.29, 1.82) is 0 Å². The molecule has 0 radical (unpaired) electrons. The van der Waals surface area contributed by atoms with Crippen molar-refractivity contribution < 1.29 is 19.3 Å². The zero-order valence-corrected chi connectivity index (χ0v) is 20.9. The van der Waals surface area contributed by atoms with Crippen molar-refractivity contribution in [1.82, 2.24) is 0 Å². The smallest absolute Gasteiger partial charge is 0.385 e. The van der Waals surface area contributed by atoms with Gasteiger partial charge in [0.15, 0.2) is 0 Å². The maximum Gasteiger partial charge on any atom is 0.391 e. The van der Waals surface area contributed by atoms with Gasteiger partial charge in [0.05, 0.1) is 5.92 Å². The van der Waals surface area contributed by atoms with Gasteiger partial charge in [0.25, 0.3) is 0 Å². The van der Waals surface area contributed by atoms with Gasteiger partial charge in [-0.2, -0.15) is 13.2 Å². The molecule has 0 aromatic rings. The van der Waals surface area contributed by atoms with Gasteiger partial charge in [0, 0.05) is 15.1 Å². The maximum absolute atomic E-state index is 13.4. The molecule has 4 heteroatoms. The van der Waals surface area contributed by atoms with Gasteiger partial charge in [-0.25, -0.2) is 0 Å². The van der Waals surface area contributed by atoms with E-state index in [0.29, 0.717) is 30.1 Å². The highest BCUT2D eigenvalue weighted by molar-refractivity contribution is 5.09. The van der Waals surface area contributed by atoms with Crippen molar-refractivity contribution in [2.24, 2.45) is 52.3 Å². The number of alkyl halides is 3. The lowest BCUT2D eigenvalue weighted by molar-refractivity contribution is -0.208. The molecule has 4 saturated carbocycles. The first-order chi connectivity index (χ1) is 14.6. The van der Waals surface area contributed by atoms with E-state index in [1.165, 1.54) is 32.1 Å². The minimum absolute atomic E-state index is 0. The lowest BCUT2D eigenvalue weighted by Gasteiger charge is -2.61. The average molecular weight is 447 g/mol. The van der Waals surface area contributed by atoms with E-state index in [4.69, 9.17) is 4.74 Å². The molecule has 0 heterocycles. The summed E-state index contributed by atoms with van der Waals surface area (Å²) in [6, 6.07) is 0. The summed E-state index contributed by atoms with van der Waals surface area (Å²) in [7, 11) is 1.80. The topological polar surface area (TPSA) is 9.23 Å². The minimum atomic E-state index is -4.00. The molecule has 4 aliphatic rings. The summed E-state index contributed by atoms with van der Waals surface area (Å²) in [4.78, 5) is 0. The first-order valence-corrected chi connectivity index (χ1v) is 13.2. The molecule has 0 spiro atoms. The van der Waals surface area contributed by atoms with E-state index in [9.17, 15) is 13.2 Å². The van der Waals surface area contributed by atoms with Crippen LogP contribution in [0.15, 0.2) is 0 Å². The van der Waals surface area contributed by atoms with E-state index in [1.807, 2.05) is 13.8 Å². The standard InChI is InChI=1S/C25H41F3O.C2H6.H2/c1-16(11-14-29-4)20-7-8-21-19-6-5-17-15-18(25(26,27)28)9-12-23(17,2)22(19)10-13-24(20,21)3;1-2;/h16-22H,5-15H2,1-4H3;1-2H3;1H/t16-,17+,18-,19?,20?,21?,22?,23-,24+;;/m0../s1. The lowest BCUT2D eigenvalue weighted by Crippen LogP contribution is -2.54. The number of hydrogen-bond donors (Lipinski definition) is 0. The maximum atomic E-state index is 13.4. The average Bonchev–Trinajstić information content (AvgIpc) is 3.09. The number of ether oxygens (including phenoxy) is 1. The van der Waals surface area contributed by atoms with Crippen LogP contribution in [0.3, 0.4) is 0 Å². The highest BCUT2D eigenvalue weighted by atomic mass is 19.4. The Morgan fingerprint density at radius 2 is 1.58 bits per heavy atom. The predicted octanol–water partition coefficient (Wildman–Crippen LogP) is 8.77. The van der Waals surface area contributed by atoms with E-state index in [1.54, 1.807) is 7.11 Å². The van der Waals surface area contributed by atoms with Crippen LogP contribution in [0.1, 0.15) is 100 Å². The molecule has 0 amide bonds. The fourth-order valence-corrected chi connectivity index (χ4v) is 9.04. The summed E-state index contributed by atoms with van der Waals surface area (Å²) in [5.74, 6) is 2.91. The molecule has 0 aromatic heterocycles. The van der Waals surface area contributed by atoms with Gasteiger partial charge in [-0.1, -0.05) is 34.6 Å². The molecule has 4 aliphatic carbocycles. The highest BCUT2D eigenvalue weighted by Crippen LogP contribution is 2.69. The van der Waals surface area contributed by atoms with Crippen LogP contribution >= 0.6 is 0 Å². The zero-order valence-electron chi connectivity index (χ0n) is 20.9. The molecular weight excluding hydrogens is 397 g/mol. The Hall–Kier alpha value is -0.250. The first-order valence-electron chi connectivity index (χ1n) is 13.2. The van der Waals surface area contributed by atoms with Crippen molar-refractivity contribution in [3.05, 3.63) is 0 Å². The number of fused-ring (bicyclic) bond motifs is 5. The number of methoxy groups -OCH3 is 1. The van der Waals surface area contributed by atoms with Gasteiger partial charge in [-0.05, 0) is 111 Å². The predicted molar refractivity (Wildman–Crippen MR) is 124 cm³/mol. The second-order valence-corrected chi connectivity index (χ2v) is 11.7. The summed E-state index contributed by atoms with van der Waals surface area (Å²) in [5, 5.41) is 0. The molecule has 31 heavy (non-hydrogen) atoms. The largest absolute Gasteiger partial charge is 0.391 e. The van der Waals surface area contributed by atoms with Crippen molar-refractivity contribution >= 4 is 0 Å². The number of halogens is 3. The summed E-state index contributed by atoms with van der Waals surface area (Å²) in [6.07, 6.45) is 6.10. The van der Waals surface area contributed by atoms with E-state index < -0.39 is 12.1 Å². The Balaban J connectivity index is 0.00000118. The van der Waals surface area contributed by atoms with Crippen LogP contribution < -0.4 is 0 Å². The number of rotatable bonds is 4. The zero-order chi connectivity index (χ0) is 23.0. The van der Waals surface area contributed by atoms with Gasteiger partial charge in [0.2, 0.25) is 0 Å². The summed E-state index contributed by atoms with van der Waals surface area (Å²) >= 11 is 0. The third kappa shape index (κ3) is 4.45. The van der Waals surface area contributed by atoms with Gasteiger partial charge >= 0.3 is 6.18 Å². The SMILES string of the molecule is CC.COCC[C@H](C)C1CCC2C3CC[C@@H]4C[C@@H](C(F)(F)F)CC[C@]4(C)C3CC[C@@]21C.[HH]. The van der Waals surface area contributed by atoms with E-state index >= 15 is 0 Å². The highest BCUT2D eigenvalue weighted by Gasteiger charge is 2.61. The van der Waals surface area contributed by atoms with Crippen LogP contribution in [0.2, 0.25) is 0 Å². The molecule has 0 bridgehead atoms. The fourth-order valence-electron chi connectivity index (χ4n) is 9.04. The minimum Gasteiger partial charge on any atom is -0.385 e. The molecule has 4 fully saturated rings. The molecule has 0 saturated heterocycles. The van der Waals surface area contributed by atoms with E-state index in [2.05, 4.69) is 20.8 Å². The fraction of sp³-hybridized carbons (Fsp3) is 1.00. The second-order valence-electron chi connectivity index (χ2n) is 11.7. The van der Waals surface area contributed by atoms with Gasteiger partial charge in [-0.15, -0.1) is 0 Å². The molecular formula is C27H49F3O. The van der Waals surface area contributed by atoms with Crippen LogP contribution in [0.25, 0.3) is 0 Å². The summed E-state index contributed by atoms with van der Waals surface area (Å²) < 4.78 is 45.5. The van der Waals surface area contributed by atoms with Crippen molar-refractivity contribution in [2.75, 3.05) is 13.7 Å². The molecule has 4 unspecified atom stereocenters. The molecule has 9 atom stereocenters. The van der Waals surface area contributed by atoms with Crippen LogP contribution in [-0.2, 0) is 4.74 Å². The normalized spacial score (nSPS) is 45.6. The van der Waals surface area contributed by atoms with Gasteiger partial charge in [0.1, 0.15) is 0 Å². The Morgan fingerprint density at radius 1 is 0.935 bits per heavy atom. The second kappa shape index (κ2) is 9.55. The van der Waals surface area contributed by atoms with Crippen molar-refractivity contribution in [3.8, 4) is 0 Å². The van der Waals surface area contributed by atoms with Crippen LogP contribution in [-0.4, -0.2) is 19.9 Å². The summed E-state index contributed by atoms with van der Waals surface area (Å²) in [5.41, 5.74) is 0.576.